The first kappa shape index (κ1) is 16.7. The minimum absolute atomic E-state index is 0.0416. The van der Waals surface area contributed by atoms with E-state index in [9.17, 15) is 20.2 Å². The van der Waals surface area contributed by atoms with E-state index in [0.29, 0.717) is 18.6 Å². The Hall–Kier alpha value is -2.62. The highest BCUT2D eigenvalue weighted by Crippen LogP contribution is 2.27. The molecule has 122 valence electrons. The second kappa shape index (κ2) is 7.09. The van der Waals surface area contributed by atoms with Gasteiger partial charge in [0.2, 0.25) is 0 Å². The second-order valence-electron chi connectivity index (χ2n) is 5.75. The van der Waals surface area contributed by atoms with Crippen LogP contribution in [0.1, 0.15) is 39.0 Å². The standard InChI is InChI=1S/C16H19N3O4/c1-12(23-14-7-5-13(6-8-14)19(21)22)15(20)18-16(11-17)9-3-2-4-10-16/h5-8,12H,2-4,9-10H2,1H3,(H,18,20). The first-order valence-electron chi connectivity index (χ1n) is 7.60. The first-order chi connectivity index (χ1) is 11.0. The molecule has 23 heavy (non-hydrogen) atoms. The van der Waals surface area contributed by atoms with E-state index in [4.69, 9.17) is 4.74 Å². The second-order valence-corrected chi connectivity index (χ2v) is 5.75. The van der Waals surface area contributed by atoms with Crippen molar-refractivity contribution in [1.29, 1.82) is 5.26 Å². The molecule has 2 rings (SSSR count). The van der Waals surface area contributed by atoms with Gasteiger partial charge in [-0.05, 0) is 31.9 Å². The van der Waals surface area contributed by atoms with Crippen molar-refractivity contribution in [2.75, 3.05) is 0 Å². The lowest BCUT2D eigenvalue weighted by molar-refractivity contribution is -0.384. The Morgan fingerprint density at radius 3 is 2.48 bits per heavy atom. The fourth-order valence-corrected chi connectivity index (χ4v) is 2.66. The van der Waals surface area contributed by atoms with Gasteiger partial charge in [0, 0.05) is 12.1 Å². The molecule has 0 bridgehead atoms. The fraction of sp³-hybridized carbons (Fsp3) is 0.500. The SMILES string of the molecule is CC(Oc1ccc([N+](=O)[O-])cc1)C(=O)NC1(C#N)CCCCC1. The summed E-state index contributed by atoms with van der Waals surface area (Å²) in [5.74, 6) is 0.0136. The van der Waals surface area contributed by atoms with Gasteiger partial charge in [-0.1, -0.05) is 19.3 Å². The highest BCUT2D eigenvalue weighted by atomic mass is 16.6. The molecule has 1 aromatic carbocycles. The predicted molar refractivity (Wildman–Crippen MR) is 82.8 cm³/mol. The molecular formula is C16H19N3O4. The van der Waals surface area contributed by atoms with Crippen LogP contribution in [-0.4, -0.2) is 22.5 Å². The van der Waals surface area contributed by atoms with Gasteiger partial charge in [0.05, 0.1) is 11.0 Å². The van der Waals surface area contributed by atoms with Crippen molar-refractivity contribution in [3.05, 3.63) is 34.4 Å². The van der Waals surface area contributed by atoms with E-state index >= 15 is 0 Å². The summed E-state index contributed by atoms with van der Waals surface area (Å²) >= 11 is 0. The van der Waals surface area contributed by atoms with E-state index < -0.39 is 16.6 Å². The van der Waals surface area contributed by atoms with Crippen molar-refractivity contribution in [2.45, 2.75) is 50.7 Å². The number of nitrogens with one attached hydrogen (secondary N) is 1. The summed E-state index contributed by atoms with van der Waals surface area (Å²) in [6.07, 6.45) is 3.44. The summed E-state index contributed by atoms with van der Waals surface area (Å²) in [5.41, 5.74) is -0.845. The molecule has 0 heterocycles. The lowest BCUT2D eigenvalue weighted by atomic mass is 9.83. The third kappa shape index (κ3) is 4.19. The van der Waals surface area contributed by atoms with E-state index in [1.165, 1.54) is 24.3 Å². The number of nitrogens with zero attached hydrogens (tertiary/aromatic N) is 2. The lowest BCUT2D eigenvalue weighted by Crippen LogP contribution is -2.52. The van der Waals surface area contributed by atoms with Gasteiger partial charge in [-0.25, -0.2) is 0 Å². The molecule has 1 aliphatic rings. The van der Waals surface area contributed by atoms with Crippen LogP contribution < -0.4 is 10.1 Å². The average Bonchev–Trinajstić information content (AvgIpc) is 2.56. The number of hydrogen-bond acceptors (Lipinski definition) is 5. The quantitative estimate of drug-likeness (QED) is 0.664. The normalized spacial score (nSPS) is 17.6. The lowest BCUT2D eigenvalue weighted by Gasteiger charge is -2.32. The smallest absolute Gasteiger partial charge is 0.269 e. The number of benzene rings is 1. The molecule has 1 aromatic rings. The zero-order valence-corrected chi connectivity index (χ0v) is 12.9. The minimum atomic E-state index is -0.803. The van der Waals surface area contributed by atoms with Crippen LogP contribution >= 0.6 is 0 Å². The Balaban J connectivity index is 1.96. The van der Waals surface area contributed by atoms with Crippen molar-refractivity contribution in [3.63, 3.8) is 0 Å². The zero-order valence-electron chi connectivity index (χ0n) is 12.9. The number of carbonyl (C=O) groups is 1. The number of carbonyl (C=O) groups excluding carboxylic acids is 1. The molecule has 1 amide bonds. The van der Waals surface area contributed by atoms with E-state index in [1.807, 2.05) is 0 Å². The molecule has 1 atom stereocenters. The number of nitro groups is 1. The summed E-state index contributed by atoms with van der Waals surface area (Å²) in [5, 5.41) is 22.8. The van der Waals surface area contributed by atoms with E-state index in [0.717, 1.165) is 19.3 Å². The van der Waals surface area contributed by atoms with Gasteiger partial charge in [0.1, 0.15) is 11.3 Å². The van der Waals surface area contributed by atoms with Crippen LogP contribution in [0.3, 0.4) is 0 Å². The number of nitriles is 1. The van der Waals surface area contributed by atoms with Crippen molar-refractivity contribution in [3.8, 4) is 11.8 Å². The van der Waals surface area contributed by atoms with Crippen LogP contribution in [0.2, 0.25) is 0 Å². The van der Waals surface area contributed by atoms with Crippen molar-refractivity contribution in [1.82, 2.24) is 5.32 Å². The first-order valence-corrected chi connectivity index (χ1v) is 7.60. The van der Waals surface area contributed by atoms with Gasteiger partial charge in [-0.2, -0.15) is 5.26 Å². The summed E-state index contributed by atoms with van der Waals surface area (Å²) < 4.78 is 5.50. The van der Waals surface area contributed by atoms with Crippen LogP contribution in [0.4, 0.5) is 5.69 Å². The number of hydrogen-bond donors (Lipinski definition) is 1. The van der Waals surface area contributed by atoms with Crippen LogP contribution in [0.15, 0.2) is 24.3 Å². The van der Waals surface area contributed by atoms with Crippen LogP contribution in [0.25, 0.3) is 0 Å². The van der Waals surface area contributed by atoms with Crippen LogP contribution in [-0.2, 0) is 4.79 Å². The van der Waals surface area contributed by atoms with Gasteiger partial charge in [0.25, 0.3) is 11.6 Å². The predicted octanol–water partition coefficient (Wildman–Crippen LogP) is 2.70. The molecule has 1 fully saturated rings. The van der Waals surface area contributed by atoms with E-state index in [-0.39, 0.29) is 11.6 Å². The Labute approximate surface area is 134 Å². The molecule has 7 heteroatoms. The summed E-state index contributed by atoms with van der Waals surface area (Å²) in [6.45, 7) is 1.59. The number of rotatable bonds is 5. The van der Waals surface area contributed by atoms with Crippen molar-refractivity contribution < 1.29 is 14.5 Å². The Bertz CT molecular complexity index is 615. The highest BCUT2D eigenvalue weighted by Gasteiger charge is 2.35. The number of nitro benzene ring substituents is 1. The third-order valence-corrected chi connectivity index (χ3v) is 4.01. The number of non-ortho nitro benzene ring substituents is 1. The maximum atomic E-state index is 12.3. The highest BCUT2D eigenvalue weighted by molar-refractivity contribution is 5.82. The largest absolute Gasteiger partial charge is 0.481 e. The molecule has 1 saturated carbocycles. The zero-order chi connectivity index (χ0) is 16.9. The van der Waals surface area contributed by atoms with E-state index in [1.54, 1.807) is 6.92 Å². The molecule has 0 aromatic heterocycles. The summed E-state index contributed by atoms with van der Waals surface area (Å²) in [6, 6.07) is 7.75. The Kier molecular flexibility index (Phi) is 5.16. The monoisotopic (exact) mass is 317 g/mol. The van der Waals surface area contributed by atoms with E-state index in [2.05, 4.69) is 11.4 Å². The molecule has 0 saturated heterocycles. The van der Waals surface area contributed by atoms with Crippen molar-refractivity contribution in [2.24, 2.45) is 0 Å². The maximum absolute atomic E-state index is 12.3. The molecule has 0 spiro atoms. The van der Waals surface area contributed by atoms with Crippen molar-refractivity contribution >= 4 is 11.6 Å². The maximum Gasteiger partial charge on any atom is 0.269 e. The van der Waals surface area contributed by atoms with Crippen LogP contribution in [0.5, 0.6) is 5.75 Å². The number of ether oxygens (including phenoxy) is 1. The number of amides is 1. The fourth-order valence-electron chi connectivity index (χ4n) is 2.66. The van der Waals surface area contributed by atoms with Gasteiger partial charge < -0.3 is 10.1 Å². The van der Waals surface area contributed by atoms with Gasteiger partial charge in [-0.3, -0.25) is 14.9 Å². The molecule has 0 radical (unpaired) electrons. The Morgan fingerprint density at radius 2 is 1.96 bits per heavy atom. The minimum Gasteiger partial charge on any atom is -0.481 e. The molecular weight excluding hydrogens is 298 g/mol. The van der Waals surface area contributed by atoms with Crippen LogP contribution in [0, 0.1) is 21.4 Å². The topological polar surface area (TPSA) is 105 Å². The third-order valence-electron chi connectivity index (χ3n) is 4.01. The molecule has 1 unspecified atom stereocenters. The molecule has 1 aliphatic carbocycles. The van der Waals surface area contributed by atoms with Gasteiger partial charge >= 0.3 is 0 Å². The average molecular weight is 317 g/mol. The van der Waals surface area contributed by atoms with Gasteiger partial charge in [0.15, 0.2) is 6.10 Å². The Morgan fingerprint density at radius 1 is 1.35 bits per heavy atom. The summed E-state index contributed by atoms with van der Waals surface area (Å²) in [4.78, 5) is 22.4. The molecule has 1 N–H and O–H groups in total. The molecule has 7 nitrogen and oxygen atoms in total. The van der Waals surface area contributed by atoms with Gasteiger partial charge in [-0.15, -0.1) is 0 Å². The summed E-state index contributed by atoms with van der Waals surface area (Å²) in [7, 11) is 0. The molecule has 0 aliphatic heterocycles.